The van der Waals surface area contributed by atoms with Crippen LogP contribution in [-0.2, 0) is 6.42 Å². The zero-order chi connectivity index (χ0) is 24.9. The summed E-state index contributed by atoms with van der Waals surface area (Å²) in [5, 5.41) is 1.20. The molecule has 2 aromatic carbocycles. The van der Waals surface area contributed by atoms with Gasteiger partial charge in [0.1, 0.15) is 11.5 Å². The molecule has 0 N–H and O–H groups in total. The topological polar surface area (TPSA) is 18.1 Å². The Kier molecular flexibility index (Phi) is 7.41. The van der Waals surface area contributed by atoms with Crippen molar-refractivity contribution in [2.24, 2.45) is 0 Å². The first-order valence-electron chi connectivity index (χ1n) is 12.6. The number of para-hydroxylation sites is 1. The maximum Gasteiger partial charge on any atom is 0.141 e. The smallest absolute Gasteiger partial charge is 0.141 e. The summed E-state index contributed by atoms with van der Waals surface area (Å²) in [5.41, 5.74) is 9.06. The highest BCUT2D eigenvalue weighted by Crippen LogP contribution is 2.44. The van der Waals surface area contributed by atoms with Gasteiger partial charge >= 0.3 is 0 Å². The average Bonchev–Trinajstić information content (AvgIpc) is 3.29. The van der Waals surface area contributed by atoms with Crippen LogP contribution >= 0.6 is 0 Å². The fourth-order valence-electron chi connectivity index (χ4n) is 4.58. The second kappa shape index (κ2) is 10.7. The summed E-state index contributed by atoms with van der Waals surface area (Å²) in [5.74, 6) is 1.94. The van der Waals surface area contributed by atoms with Gasteiger partial charge in [0.05, 0.1) is 16.8 Å². The molecule has 2 aromatic heterocycles. The average molecular weight is 462 g/mol. The van der Waals surface area contributed by atoms with Crippen LogP contribution in [0.25, 0.3) is 45.6 Å². The molecule has 0 bridgehead atoms. The highest BCUT2D eigenvalue weighted by atomic mass is 16.3. The number of furan rings is 1. The molecule has 0 amide bonds. The van der Waals surface area contributed by atoms with E-state index in [2.05, 4.69) is 118 Å². The molecule has 0 spiro atoms. The Balaban J connectivity index is 0.000000917. The molecule has 2 nitrogen and oxygen atoms in total. The zero-order valence-electron chi connectivity index (χ0n) is 21.4. The summed E-state index contributed by atoms with van der Waals surface area (Å²) >= 11 is 0. The first-order valence-corrected chi connectivity index (χ1v) is 12.6. The highest BCUT2D eigenvalue weighted by Gasteiger charge is 2.26. The maximum absolute atomic E-state index is 6.51. The third-order valence-electron chi connectivity index (χ3n) is 6.27. The predicted molar refractivity (Wildman–Crippen MR) is 153 cm³/mol. The second-order valence-electron chi connectivity index (χ2n) is 8.92. The maximum atomic E-state index is 6.51. The van der Waals surface area contributed by atoms with Crippen LogP contribution in [0.15, 0.2) is 84.3 Å². The molecule has 178 valence electrons. The number of hydrogen-bond donors (Lipinski definition) is 0. The molecule has 0 fully saturated rings. The van der Waals surface area contributed by atoms with Crippen LogP contribution in [0.5, 0.6) is 0 Å². The van der Waals surface area contributed by atoms with E-state index in [4.69, 9.17) is 4.42 Å². The lowest BCUT2D eigenvalue weighted by atomic mass is 10.0. The summed E-state index contributed by atoms with van der Waals surface area (Å²) in [6.07, 6.45) is 13.7. The van der Waals surface area contributed by atoms with Gasteiger partial charge in [-0.1, -0.05) is 88.9 Å². The number of aromatic nitrogens is 1. The van der Waals surface area contributed by atoms with Gasteiger partial charge in [-0.05, 0) is 66.8 Å². The number of rotatable bonds is 5. The van der Waals surface area contributed by atoms with E-state index in [9.17, 15) is 0 Å². The van der Waals surface area contributed by atoms with E-state index in [1.165, 1.54) is 22.9 Å². The lowest BCUT2D eigenvalue weighted by Gasteiger charge is -2.11. The van der Waals surface area contributed by atoms with Crippen molar-refractivity contribution in [2.75, 3.05) is 0 Å². The number of hydrogen-bond acceptors (Lipinski definition) is 1. The first-order chi connectivity index (χ1) is 17.0. The van der Waals surface area contributed by atoms with E-state index >= 15 is 0 Å². The van der Waals surface area contributed by atoms with Crippen LogP contribution in [0, 0.1) is 6.92 Å². The van der Waals surface area contributed by atoms with Gasteiger partial charge in [0.2, 0.25) is 0 Å². The quantitative estimate of drug-likeness (QED) is 0.270. The highest BCUT2D eigenvalue weighted by molar-refractivity contribution is 6.02. The van der Waals surface area contributed by atoms with Crippen molar-refractivity contribution >= 4 is 28.6 Å². The molecule has 2 heteroatoms. The fourth-order valence-corrected chi connectivity index (χ4v) is 4.58. The molecule has 35 heavy (non-hydrogen) atoms. The van der Waals surface area contributed by atoms with Crippen molar-refractivity contribution < 1.29 is 4.42 Å². The minimum absolute atomic E-state index is 0.862. The predicted octanol–water partition coefficient (Wildman–Crippen LogP) is 9.81. The van der Waals surface area contributed by atoms with Crippen LogP contribution < -0.4 is 0 Å². The third-order valence-corrected chi connectivity index (χ3v) is 6.27. The number of benzene rings is 2. The molecule has 2 heterocycles. The molecule has 0 radical (unpaired) electrons. The summed E-state index contributed by atoms with van der Waals surface area (Å²) in [4.78, 5) is 0. The molecule has 0 atom stereocenters. The zero-order valence-corrected chi connectivity index (χ0v) is 21.4. The van der Waals surface area contributed by atoms with Crippen LogP contribution in [0.3, 0.4) is 0 Å². The van der Waals surface area contributed by atoms with E-state index in [1.54, 1.807) is 6.08 Å². The van der Waals surface area contributed by atoms with E-state index in [1.807, 2.05) is 0 Å². The number of nitrogens with zero attached hydrogens (tertiary/aromatic N) is 1. The van der Waals surface area contributed by atoms with Gasteiger partial charge in [-0.25, -0.2) is 0 Å². The Morgan fingerprint density at radius 2 is 1.86 bits per heavy atom. The molecular weight excluding hydrogens is 426 g/mol. The summed E-state index contributed by atoms with van der Waals surface area (Å²) in [6.45, 7) is 16.6. The minimum atomic E-state index is 0.862. The second-order valence-corrected chi connectivity index (χ2v) is 8.92. The van der Waals surface area contributed by atoms with Crippen molar-refractivity contribution in [3.63, 3.8) is 0 Å². The summed E-state index contributed by atoms with van der Waals surface area (Å²) < 4.78 is 8.84. The molecule has 0 aliphatic heterocycles. The molecule has 1 aliphatic carbocycles. The van der Waals surface area contributed by atoms with Gasteiger partial charge in [0.25, 0.3) is 0 Å². The Morgan fingerprint density at radius 1 is 1.09 bits per heavy atom. The van der Waals surface area contributed by atoms with Crippen molar-refractivity contribution in [3.8, 4) is 17.0 Å². The van der Waals surface area contributed by atoms with Crippen LogP contribution in [0.1, 0.15) is 61.8 Å². The van der Waals surface area contributed by atoms with E-state index in [0.29, 0.717) is 0 Å². The molecule has 5 rings (SSSR count). The van der Waals surface area contributed by atoms with Gasteiger partial charge in [-0.2, -0.15) is 0 Å². The Hall–Kier alpha value is -3.78. The van der Waals surface area contributed by atoms with Gasteiger partial charge in [0.15, 0.2) is 0 Å². The summed E-state index contributed by atoms with van der Waals surface area (Å²) in [7, 11) is 0. The minimum Gasteiger partial charge on any atom is -0.456 e. The monoisotopic (exact) mass is 461 g/mol. The molecule has 0 saturated carbocycles. The molecule has 0 saturated heterocycles. The lowest BCUT2D eigenvalue weighted by molar-refractivity contribution is 0.568. The van der Waals surface area contributed by atoms with Gasteiger partial charge in [-0.3, -0.25) is 0 Å². The fraction of sp³-hybridized carbons (Fsp3) is 0.212. The SMILES string of the molecule is C=CC(=C)c1cccc(-n2c3c(c4ccccc42)-c2oc(/C=C\CC)c(C)c2CC=C3)c1.CCC. The van der Waals surface area contributed by atoms with E-state index in [0.717, 1.165) is 58.0 Å². The van der Waals surface area contributed by atoms with Crippen LogP contribution in [0.4, 0.5) is 0 Å². The molecule has 4 aromatic rings. The number of fused-ring (bicyclic) bond motifs is 5. The van der Waals surface area contributed by atoms with Gasteiger partial charge in [0, 0.05) is 16.6 Å². The van der Waals surface area contributed by atoms with Crippen LogP contribution in [0.2, 0.25) is 0 Å². The van der Waals surface area contributed by atoms with E-state index in [-0.39, 0.29) is 0 Å². The number of allylic oxidation sites excluding steroid dienone is 4. The van der Waals surface area contributed by atoms with E-state index < -0.39 is 0 Å². The van der Waals surface area contributed by atoms with Crippen molar-refractivity contribution in [3.05, 3.63) is 108 Å². The third kappa shape index (κ3) is 4.49. The first kappa shape index (κ1) is 24.3. The lowest BCUT2D eigenvalue weighted by Crippen LogP contribution is -1.97. The summed E-state index contributed by atoms with van der Waals surface area (Å²) in [6, 6.07) is 17.1. The normalized spacial score (nSPS) is 12.1. The van der Waals surface area contributed by atoms with Crippen molar-refractivity contribution in [1.29, 1.82) is 0 Å². The largest absolute Gasteiger partial charge is 0.456 e. The van der Waals surface area contributed by atoms with Crippen molar-refractivity contribution in [1.82, 2.24) is 4.57 Å². The van der Waals surface area contributed by atoms with Gasteiger partial charge < -0.3 is 8.98 Å². The standard InChI is InChI=1S/C30H27NO.C3H8/c1-5-7-18-28-21(4)24-15-11-17-27-29(30(24)32-28)25-14-8-9-16-26(25)31(27)23-13-10-12-22(19-23)20(3)6-2;1-3-2/h6-14,16-19H,2-3,5,15H2,1,4H3;3H2,1-2H3/b18-7-;. The van der Waals surface area contributed by atoms with Crippen LogP contribution in [-0.4, -0.2) is 4.57 Å². The molecular formula is C33H35NO. The molecule has 1 aliphatic rings. The van der Waals surface area contributed by atoms with Crippen molar-refractivity contribution in [2.45, 2.75) is 47.0 Å². The Labute approximate surface area is 209 Å². The Morgan fingerprint density at radius 3 is 2.60 bits per heavy atom. The Bertz CT molecular complexity index is 1440. The van der Waals surface area contributed by atoms with Gasteiger partial charge in [-0.15, -0.1) is 0 Å². The molecule has 0 unspecified atom stereocenters.